The van der Waals surface area contributed by atoms with Crippen LogP contribution in [0.25, 0.3) is 0 Å². The van der Waals surface area contributed by atoms with Crippen molar-refractivity contribution in [2.24, 2.45) is 5.41 Å². The molecular formula is C19H29N5O2. The quantitative estimate of drug-likeness (QED) is 0.836. The fourth-order valence-corrected chi connectivity index (χ4v) is 5.16. The molecule has 0 spiro atoms. The van der Waals surface area contributed by atoms with Gasteiger partial charge in [0.15, 0.2) is 0 Å². The number of carbonyl (C=O) groups is 1. The van der Waals surface area contributed by atoms with E-state index in [0.29, 0.717) is 12.6 Å². The van der Waals surface area contributed by atoms with Crippen molar-refractivity contribution in [3.05, 3.63) is 18.5 Å². The van der Waals surface area contributed by atoms with Crippen LogP contribution in [0, 0.1) is 5.41 Å². The van der Waals surface area contributed by atoms with Crippen molar-refractivity contribution in [2.75, 3.05) is 44.2 Å². The Morgan fingerprint density at radius 1 is 1.23 bits per heavy atom. The standard InChI is InChI=1S/C19H29N5O2/c1-2-19(14-25)12-15-4-5-16(19)24(15)17(26)13-22-8-10-23(11-9-22)18-20-6-3-7-21-18/h3,6-7,15-16,25H,2,4-5,8-14H2,1H3/t15-,16+,19-/m0/s1. The maximum atomic E-state index is 13.0. The van der Waals surface area contributed by atoms with Crippen LogP contribution in [0.5, 0.6) is 0 Å². The molecule has 3 atom stereocenters. The molecule has 1 aromatic heterocycles. The first-order valence-corrected chi connectivity index (χ1v) is 9.83. The molecule has 7 heteroatoms. The summed E-state index contributed by atoms with van der Waals surface area (Å²) in [4.78, 5) is 28.2. The van der Waals surface area contributed by atoms with Crippen LogP contribution in [0.15, 0.2) is 18.5 Å². The minimum Gasteiger partial charge on any atom is -0.396 e. The Bertz CT molecular complexity index is 628. The zero-order chi connectivity index (χ0) is 18.1. The first-order valence-electron chi connectivity index (χ1n) is 9.83. The van der Waals surface area contributed by atoms with Crippen molar-refractivity contribution in [3.8, 4) is 0 Å². The zero-order valence-corrected chi connectivity index (χ0v) is 15.5. The number of carbonyl (C=O) groups excluding carboxylic acids is 1. The van der Waals surface area contributed by atoms with Crippen LogP contribution in [-0.4, -0.2) is 82.2 Å². The van der Waals surface area contributed by atoms with Gasteiger partial charge in [-0.05, 0) is 31.7 Å². The summed E-state index contributed by atoms with van der Waals surface area (Å²) in [6.45, 7) is 6.23. The lowest BCUT2D eigenvalue weighted by Crippen LogP contribution is -2.51. The third-order valence-corrected chi connectivity index (χ3v) is 6.72. The molecular weight excluding hydrogens is 330 g/mol. The molecule has 0 aromatic carbocycles. The van der Waals surface area contributed by atoms with E-state index in [0.717, 1.165) is 57.8 Å². The Kier molecular flexibility index (Phi) is 4.84. The molecule has 2 bridgehead atoms. The number of amides is 1. The van der Waals surface area contributed by atoms with Crippen molar-refractivity contribution in [2.45, 2.75) is 44.7 Å². The van der Waals surface area contributed by atoms with Crippen molar-refractivity contribution >= 4 is 11.9 Å². The highest BCUT2D eigenvalue weighted by Gasteiger charge is 2.56. The molecule has 7 nitrogen and oxygen atoms in total. The first-order chi connectivity index (χ1) is 12.7. The van der Waals surface area contributed by atoms with Gasteiger partial charge in [-0.15, -0.1) is 0 Å². The number of aromatic nitrogens is 2. The second kappa shape index (κ2) is 7.12. The van der Waals surface area contributed by atoms with Gasteiger partial charge in [0, 0.05) is 56.1 Å². The third-order valence-electron chi connectivity index (χ3n) is 6.72. The molecule has 26 heavy (non-hydrogen) atoms. The molecule has 3 fully saturated rings. The van der Waals surface area contributed by atoms with Crippen molar-refractivity contribution in [3.63, 3.8) is 0 Å². The van der Waals surface area contributed by atoms with Gasteiger partial charge in [0.1, 0.15) is 0 Å². The van der Waals surface area contributed by atoms with Crippen LogP contribution < -0.4 is 4.90 Å². The highest BCUT2D eigenvalue weighted by Crippen LogP contribution is 2.51. The normalized spacial score (nSPS) is 31.6. The fourth-order valence-electron chi connectivity index (χ4n) is 5.16. The van der Waals surface area contributed by atoms with Gasteiger partial charge >= 0.3 is 0 Å². The van der Waals surface area contributed by atoms with E-state index in [9.17, 15) is 9.90 Å². The summed E-state index contributed by atoms with van der Waals surface area (Å²) < 4.78 is 0. The van der Waals surface area contributed by atoms with E-state index < -0.39 is 0 Å². The predicted molar refractivity (Wildman–Crippen MR) is 98.8 cm³/mol. The van der Waals surface area contributed by atoms with E-state index in [2.05, 4.69) is 31.6 Å². The van der Waals surface area contributed by atoms with Gasteiger partial charge in [-0.3, -0.25) is 9.69 Å². The van der Waals surface area contributed by atoms with Crippen LogP contribution in [0.4, 0.5) is 5.95 Å². The minimum atomic E-state index is -0.0675. The van der Waals surface area contributed by atoms with Gasteiger partial charge < -0.3 is 14.9 Å². The van der Waals surface area contributed by atoms with Crippen LogP contribution in [0.2, 0.25) is 0 Å². The summed E-state index contributed by atoms with van der Waals surface area (Å²) in [6.07, 6.45) is 7.59. The number of hydrogen-bond acceptors (Lipinski definition) is 6. The van der Waals surface area contributed by atoms with E-state index in [4.69, 9.17) is 0 Å². The molecule has 1 aromatic rings. The Morgan fingerprint density at radius 2 is 1.96 bits per heavy atom. The second-order valence-corrected chi connectivity index (χ2v) is 7.94. The molecule has 3 aliphatic rings. The first kappa shape index (κ1) is 17.7. The molecule has 1 N–H and O–H groups in total. The number of piperazine rings is 1. The second-order valence-electron chi connectivity index (χ2n) is 7.94. The van der Waals surface area contributed by atoms with Gasteiger partial charge in [0.05, 0.1) is 13.2 Å². The summed E-state index contributed by atoms with van der Waals surface area (Å²) in [7, 11) is 0. The highest BCUT2D eigenvalue weighted by molar-refractivity contribution is 5.80. The van der Waals surface area contributed by atoms with Crippen LogP contribution >= 0.6 is 0 Å². The molecule has 0 unspecified atom stereocenters. The van der Waals surface area contributed by atoms with Crippen molar-refractivity contribution < 1.29 is 9.90 Å². The Balaban J connectivity index is 1.34. The molecule has 4 rings (SSSR count). The highest BCUT2D eigenvalue weighted by atomic mass is 16.3. The van der Waals surface area contributed by atoms with Crippen LogP contribution in [0.3, 0.4) is 0 Å². The molecule has 4 heterocycles. The fraction of sp³-hybridized carbons (Fsp3) is 0.737. The topological polar surface area (TPSA) is 72.8 Å². The van der Waals surface area contributed by atoms with Crippen molar-refractivity contribution in [1.82, 2.24) is 19.8 Å². The van der Waals surface area contributed by atoms with Crippen molar-refractivity contribution in [1.29, 1.82) is 0 Å². The number of rotatable bonds is 5. The number of aliphatic hydroxyl groups is 1. The SMILES string of the molecule is CC[C@@]1(CO)C[C@@H]2CC[C@H]1N2C(=O)CN1CCN(c2ncccn2)CC1. The van der Waals surface area contributed by atoms with Gasteiger partial charge in [0.25, 0.3) is 0 Å². The lowest BCUT2D eigenvalue weighted by atomic mass is 9.72. The lowest BCUT2D eigenvalue weighted by molar-refractivity contribution is -0.134. The summed E-state index contributed by atoms with van der Waals surface area (Å²) in [5.41, 5.74) is -0.0675. The summed E-state index contributed by atoms with van der Waals surface area (Å²) in [6, 6.07) is 2.39. The third kappa shape index (κ3) is 2.97. The average Bonchev–Trinajstić information content (AvgIpc) is 3.25. The Morgan fingerprint density at radius 3 is 2.58 bits per heavy atom. The predicted octanol–water partition coefficient (Wildman–Crippen LogP) is 0.751. The monoisotopic (exact) mass is 359 g/mol. The van der Waals surface area contributed by atoms with E-state index in [1.807, 2.05) is 6.07 Å². The maximum absolute atomic E-state index is 13.0. The minimum absolute atomic E-state index is 0.0675. The average molecular weight is 359 g/mol. The van der Waals surface area contributed by atoms with E-state index in [1.165, 1.54) is 0 Å². The summed E-state index contributed by atoms with van der Waals surface area (Å²) >= 11 is 0. The van der Waals surface area contributed by atoms with E-state index in [-0.39, 0.29) is 24.0 Å². The summed E-state index contributed by atoms with van der Waals surface area (Å²) in [5, 5.41) is 9.93. The molecule has 3 aliphatic heterocycles. The number of aliphatic hydroxyl groups excluding tert-OH is 1. The maximum Gasteiger partial charge on any atom is 0.237 e. The number of hydrogen-bond donors (Lipinski definition) is 1. The van der Waals surface area contributed by atoms with E-state index >= 15 is 0 Å². The number of nitrogens with zero attached hydrogens (tertiary/aromatic N) is 5. The number of anilines is 1. The molecule has 3 saturated heterocycles. The smallest absolute Gasteiger partial charge is 0.237 e. The lowest BCUT2D eigenvalue weighted by Gasteiger charge is -2.37. The Labute approximate surface area is 155 Å². The molecule has 142 valence electrons. The van der Waals surface area contributed by atoms with Crippen LogP contribution in [-0.2, 0) is 4.79 Å². The largest absolute Gasteiger partial charge is 0.396 e. The van der Waals surface area contributed by atoms with Gasteiger partial charge in [0.2, 0.25) is 11.9 Å². The molecule has 0 radical (unpaired) electrons. The molecule has 1 amide bonds. The van der Waals surface area contributed by atoms with Gasteiger partial charge in [-0.25, -0.2) is 9.97 Å². The van der Waals surface area contributed by atoms with Gasteiger partial charge in [-0.2, -0.15) is 0 Å². The molecule has 0 aliphatic carbocycles. The van der Waals surface area contributed by atoms with Crippen LogP contribution in [0.1, 0.15) is 32.6 Å². The molecule has 0 saturated carbocycles. The summed E-state index contributed by atoms with van der Waals surface area (Å²) in [5.74, 6) is 1.01. The number of fused-ring (bicyclic) bond motifs is 2. The van der Waals surface area contributed by atoms with E-state index in [1.54, 1.807) is 12.4 Å². The Hall–Kier alpha value is -1.73. The van der Waals surface area contributed by atoms with Gasteiger partial charge in [-0.1, -0.05) is 6.92 Å². The zero-order valence-electron chi connectivity index (χ0n) is 15.5.